The summed E-state index contributed by atoms with van der Waals surface area (Å²) in [6.07, 6.45) is 1.63. The first-order valence-corrected chi connectivity index (χ1v) is 10.2. The molecule has 0 bridgehead atoms. The lowest BCUT2D eigenvalue weighted by atomic mass is 10.0. The molecule has 0 aliphatic carbocycles. The number of carbonyl (C=O) groups excluding carboxylic acids is 2. The highest BCUT2D eigenvalue weighted by Gasteiger charge is 2.34. The second-order valence-electron chi connectivity index (χ2n) is 7.64. The molecule has 2 amide bonds. The average molecular weight is 403 g/mol. The normalized spacial score (nSPS) is 15.9. The fourth-order valence-corrected chi connectivity index (χ4v) is 3.89. The molecule has 1 saturated heterocycles. The second-order valence-corrected chi connectivity index (χ2v) is 7.64. The van der Waals surface area contributed by atoms with Crippen molar-refractivity contribution in [2.75, 3.05) is 6.54 Å². The number of hydrogen-bond donors (Lipinski definition) is 1. The third-order valence-electron chi connectivity index (χ3n) is 5.38. The van der Waals surface area contributed by atoms with Gasteiger partial charge in [-0.25, -0.2) is 0 Å². The minimum absolute atomic E-state index is 0.102. The van der Waals surface area contributed by atoms with Gasteiger partial charge in [-0.3, -0.25) is 9.59 Å². The Morgan fingerprint density at radius 2 is 1.90 bits per heavy atom. The Kier molecular flexibility index (Phi) is 5.93. The molecule has 0 unspecified atom stereocenters. The number of amides is 2. The summed E-state index contributed by atoms with van der Waals surface area (Å²) in [4.78, 5) is 27.1. The lowest BCUT2D eigenvalue weighted by Gasteiger charge is -2.23. The zero-order valence-electron chi connectivity index (χ0n) is 17.0. The van der Waals surface area contributed by atoms with E-state index in [0.717, 1.165) is 28.8 Å². The summed E-state index contributed by atoms with van der Waals surface area (Å²) in [6, 6.07) is 19.6. The van der Waals surface area contributed by atoms with Gasteiger partial charge in [0.15, 0.2) is 0 Å². The first-order valence-electron chi connectivity index (χ1n) is 10.2. The van der Waals surface area contributed by atoms with E-state index in [4.69, 9.17) is 4.52 Å². The maximum absolute atomic E-state index is 12.8. The SMILES string of the molecule is Cc1cc(CC(=O)N2CCC[C@H]2C(=O)NCc2cccc(-c3ccccc3)c2)on1. The number of rotatable bonds is 6. The second kappa shape index (κ2) is 8.95. The summed E-state index contributed by atoms with van der Waals surface area (Å²) >= 11 is 0. The van der Waals surface area contributed by atoms with E-state index in [1.54, 1.807) is 11.0 Å². The van der Waals surface area contributed by atoms with E-state index in [1.165, 1.54) is 0 Å². The molecule has 1 aliphatic heterocycles. The van der Waals surface area contributed by atoms with Crippen LogP contribution in [0.15, 0.2) is 65.2 Å². The van der Waals surface area contributed by atoms with Crippen molar-refractivity contribution in [1.29, 1.82) is 0 Å². The van der Waals surface area contributed by atoms with E-state index < -0.39 is 6.04 Å². The highest BCUT2D eigenvalue weighted by atomic mass is 16.5. The van der Waals surface area contributed by atoms with Crippen molar-refractivity contribution in [3.63, 3.8) is 0 Å². The highest BCUT2D eigenvalue weighted by Crippen LogP contribution is 2.21. The Balaban J connectivity index is 1.37. The number of hydrogen-bond acceptors (Lipinski definition) is 4. The van der Waals surface area contributed by atoms with Gasteiger partial charge in [0.05, 0.1) is 12.1 Å². The van der Waals surface area contributed by atoms with Crippen LogP contribution in [0.3, 0.4) is 0 Å². The number of likely N-dealkylation sites (tertiary alicyclic amines) is 1. The molecular weight excluding hydrogens is 378 g/mol. The molecule has 4 rings (SSSR count). The van der Waals surface area contributed by atoms with Crippen molar-refractivity contribution in [2.45, 2.75) is 38.8 Å². The Morgan fingerprint density at radius 3 is 2.67 bits per heavy atom. The van der Waals surface area contributed by atoms with Crippen LogP contribution in [0, 0.1) is 6.92 Å². The van der Waals surface area contributed by atoms with Crippen molar-refractivity contribution in [3.8, 4) is 11.1 Å². The van der Waals surface area contributed by atoms with Gasteiger partial charge in [0.25, 0.3) is 0 Å². The van der Waals surface area contributed by atoms with E-state index in [-0.39, 0.29) is 18.2 Å². The molecule has 1 fully saturated rings. The van der Waals surface area contributed by atoms with Gasteiger partial charge in [0, 0.05) is 19.2 Å². The van der Waals surface area contributed by atoms with Crippen LogP contribution in [0.2, 0.25) is 0 Å². The van der Waals surface area contributed by atoms with Crippen LogP contribution in [0.1, 0.15) is 29.9 Å². The zero-order valence-corrected chi connectivity index (χ0v) is 17.0. The van der Waals surface area contributed by atoms with Gasteiger partial charge in [-0.1, -0.05) is 53.7 Å². The van der Waals surface area contributed by atoms with E-state index in [9.17, 15) is 9.59 Å². The minimum atomic E-state index is -0.432. The van der Waals surface area contributed by atoms with E-state index in [2.05, 4.69) is 34.7 Å². The van der Waals surface area contributed by atoms with Crippen LogP contribution >= 0.6 is 0 Å². The molecule has 2 heterocycles. The Labute approximate surface area is 175 Å². The third-order valence-corrected chi connectivity index (χ3v) is 5.38. The third kappa shape index (κ3) is 4.59. The maximum atomic E-state index is 12.8. The standard InChI is InChI=1S/C24H25N3O3/c1-17-13-21(30-26-17)15-23(28)27-12-6-11-22(27)24(29)25-16-18-7-5-10-20(14-18)19-8-3-2-4-9-19/h2-5,7-10,13-14,22H,6,11-12,15-16H2,1H3,(H,25,29)/t22-/m0/s1. The van der Waals surface area contributed by atoms with Gasteiger partial charge < -0.3 is 14.7 Å². The molecular formula is C24H25N3O3. The van der Waals surface area contributed by atoms with E-state index >= 15 is 0 Å². The molecule has 0 saturated carbocycles. The average Bonchev–Trinajstić information content (AvgIpc) is 3.42. The summed E-state index contributed by atoms with van der Waals surface area (Å²) in [7, 11) is 0. The van der Waals surface area contributed by atoms with Crippen LogP contribution in [-0.2, 0) is 22.6 Å². The van der Waals surface area contributed by atoms with Gasteiger partial charge in [-0.05, 0) is 42.5 Å². The molecule has 0 spiro atoms. The minimum Gasteiger partial charge on any atom is -0.361 e. The highest BCUT2D eigenvalue weighted by molar-refractivity contribution is 5.88. The van der Waals surface area contributed by atoms with E-state index in [1.807, 2.05) is 37.3 Å². The topological polar surface area (TPSA) is 75.4 Å². The molecule has 6 nitrogen and oxygen atoms in total. The predicted molar refractivity (Wildman–Crippen MR) is 113 cm³/mol. The van der Waals surface area contributed by atoms with Crippen molar-refractivity contribution in [3.05, 3.63) is 77.7 Å². The lowest BCUT2D eigenvalue weighted by Crippen LogP contribution is -2.46. The van der Waals surface area contributed by atoms with Crippen molar-refractivity contribution >= 4 is 11.8 Å². The molecule has 3 aromatic rings. The first-order chi connectivity index (χ1) is 14.6. The Hall–Kier alpha value is -3.41. The first kappa shape index (κ1) is 19.9. The zero-order chi connectivity index (χ0) is 20.9. The molecule has 1 atom stereocenters. The number of nitrogens with zero attached hydrogens (tertiary/aromatic N) is 2. The molecule has 154 valence electrons. The predicted octanol–water partition coefficient (Wildman–Crippen LogP) is 3.50. The Morgan fingerprint density at radius 1 is 1.10 bits per heavy atom. The van der Waals surface area contributed by atoms with Crippen molar-refractivity contribution in [2.24, 2.45) is 0 Å². The van der Waals surface area contributed by atoms with Crippen LogP contribution < -0.4 is 5.32 Å². The number of aromatic nitrogens is 1. The van der Waals surface area contributed by atoms with Gasteiger partial charge in [0.2, 0.25) is 11.8 Å². The smallest absolute Gasteiger partial charge is 0.243 e. The monoisotopic (exact) mass is 403 g/mol. The number of nitrogens with one attached hydrogen (secondary N) is 1. The van der Waals surface area contributed by atoms with Crippen LogP contribution in [0.5, 0.6) is 0 Å². The van der Waals surface area contributed by atoms with Crippen molar-refractivity contribution < 1.29 is 14.1 Å². The maximum Gasteiger partial charge on any atom is 0.243 e. The van der Waals surface area contributed by atoms with E-state index in [0.29, 0.717) is 25.3 Å². The summed E-state index contributed by atoms with van der Waals surface area (Å²) in [5, 5.41) is 6.82. The molecule has 1 aliphatic rings. The fourth-order valence-electron chi connectivity index (χ4n) is 3.89. The van der Waals surface area contributed by atoms with Crippen LogP contribution in [0.25, 0.3) is 11.1 Å². The van der Waals surface area contributed by atoms with Crippen molar-refractivity contribution in [1.82, 2.24) is 15.4 Å². The molecule has 1 aromatic heterocycles. The van der Waals surface area contributed by atoms with Gasteiger partial charge in [-0.15, -0.1) is 0 Å². The fraction of sp³-hybridized carbons (Fsp3) is 0.292. The van der Waals surface area contributed by atoms with Gasteiger partial charge in [0.1, 0.15) is 11.8 Å². The quantitative estimate of drug-likeness (QED) is 0.684. The summed E-state index contributed by atoms with van der Waals surface area (Å²) in [5.74, 6) is 0.316. The van der Waals surface area contributed by atoms with Gasteiger partial charge in [-0.2, -0.15) is 0 Å². The molecule has 2 aromatic carbocycles. The summed E-state index contributed by atoms with van der Waals surface area (Å²) in [6.45, 7) is 2.84. The number of benzene rings is 2. The molecule has 30 heavy (non-hydrogen) atoms. The van der Waals surface area contributed by atoms with Crippen LogP contribution in [0.4, 0.5) is 0 Å². The summed E-state index contributed by atoms with van der Waals surface area (Å²) < 4.78 is 5.15. The molecule has 1 N–H and O–H groups in total. The number of carbonyl (C=O) groups is 2. The molecule has 0 radical (unpaired) electrons. The molecule has 6 heteroatoms. The van der Waals surface area contributed by atoms with Crippen LogP contribution in [-0.4, -0.2) is 34.5 Å². The Bertz CT molecular complexity index is 1030. The number of aryl methyl sites for hydroxylation is 1. The summed E-state index contributed by atoms with van der Waals surface area (Å²) in [5.41, 5.74) is 4.02. The lowest BCUT2D eigenvalue weighted by molar-refractivity contribution is -0.138. The largest absolute Gasteiger partial charge is 0.361 e. The van der Waals surface area contributed by atoms with Gasteiger partial charge >= 0.3 is 0 Å².